The van der Waals surface area contributed by atoms with Crippen molar-refractivity contribution in [3.05, 3.63) is 134 Å². The van der Waals surface area contributed by atoms with Crippen molar-refractivity contribution in [3.8, 4) is 0 Å². The van der Waals surface area contributed by atoms with E-state index in [9.17, 15) is 34.5 Å². The summed E-state index contributed by atoms with van der Waals surface area (Å²) in [7, 11) is 0. The zero-order valence-corrected chi connectivity index (χ0v) is 53.1. The first-order valence-corrected chi connectivity index (χ1v) is 33.2. The zero-order valence-electron chi connectivity index (χ0n) is 53.1. The lowest BCUT2D eigenvalue weighted by Gasteiger charge is -2.40. The number of aliphatic hydroxyl groups is 2. The van der Waals surface area contributed by atoms with Crippen LogP contribution in [0.3, 0.4) is 0 Å². The molecule has 0 aromatic rings. The Morgan fingerprint density at radius 1 is 0.400 bits per heavy atom. The normalized spacial score (nSPS) is 18.3. The third-order valence-corrected chi connectivity index (χ3v) is 14.2. The van der Waals surface area contributed by atoms with Gasteiger partial charge in [0.15, 0.2) is 24.6 Å². The van der Waals surface area contributed by atoms with Crippen LogP contribution in [0.25, 0.3) is 0 Å². The van der Waals surface area contributed by atoms with Gasteiger partial charge in [-0.05, 0) is 128 Å². The lowest BCUT2D eigenvalue weighted by molar-refractivity contribution is -0.301. The number of carboxylic acid groups (broad SMARTS) is 1. The van der Waals surface area contributed by atoms with Crippen LogP contribution in [0, 0.1) is 0 Å². The van der Waals surface area contributed by atoms with Gasteiger partial charge in [0.25, 0.3) is 0 Å². The third-order valence-electron chi connectivity index (χ3n) is 14.2. The van der Waals surface area contributed by atoms with Crippen molar-refractivity contribution in [1.29, 1.82) is 0 Å². The van der Waals surface area contributed by atoms with E-state index in [0.717, 1.165) is 154 Å². The maximum absolute atomic E-state index is 13.2. The maximum Gasteiger partial charge on any atom is 0.335 e. The fourth-order valence-electron chi connectivity index (χ4n) is 9.14. The molecule has 1 saturated heterocycles. The molecule has 480 valence electrons. The van der Waals surface area contributed by atoms with E-state index in [1.165, 1.54) is 38.5 Å². The minimum absolute atomic E-state index is 0.0310. The molecule has 85 heavy (non-hydrogen) atoms. The van der Waals surface area contributed by atoms with Crippen LogP contribution >= 0.6 is 0 Å². The van der Waals surface area contributed by atoms with Crippen molar-refractivity contribution < 1.29 is 58.2 Å². The first kappa shape index (κ1) is 77.9. The molecule has 0 aromatic heterocycles. The summed E-state index contributed by atoms with van der Waals surface area (Å²) in [6.45, 7) is 5.76. The summed E-state index contributed by atoms with van der Waals surface area (Å²) in [6, 6.07) is 0. The molecule has 0 amide bonds. The van der Waals surface area contributed by atoms with Crippen LogP contribution in [0.4, 0.5) is 0 Å². The molecule has 0 aromatic carbocycles. The van der Waals surface area contributed by atoms with Gasteiger partial charge >= 0.3 is 23.9 Å². The number of aliphatic hydroxyl groups excluding tert-OH is 2. The van der Waals surface area contributed by atoms with Crippen LogP contribution in [-0.4, -0.2) is 89.2 Å². The van der Waals surface area contributed by atoms with E-state index in [4.69, 9.17) is 23.7 Å². The largest absolute Gasteiger partial charge is 0.479 e. The number of hydrogen-bond donors (Lipinski definition) is 3. The molecular formula is C73H116O12. The SMILES string of the molecule is CC/C=C\C/C=C\C/C=C\C/C=C\C/C=C\C/C=C\CCC(=O)OCC(COC1OC(C(=O)O)C(O)C(O)C1OC(=O)CCCCCCCC/C=C\C/C=C\C/C=C\CCCCC)OC(=O)CCCCCCCCC/C=C\C/C=C\CCCCC. The summed E-state index contributed by atoms with van der Waals surface area (Å²) in [5, 5.41) is 31.6. The fourth-order valence-corrected chi connectivity index (χ4v) is 9.14. The molecule has 0 bridgehead atoms. The van der Waals surface area contributed by atoms with Crippen molar-refractivity contribution in [2.75, 3.05) is 13.2 Å². The Balaban J connectivity index is 2.72. The molecule has 3 N–H and O–H groups in total. The molecule has 1 aliphatic heterocycles. The van der Waals surface area contributed by atoms with Crippen molar-refractivity contribution in [2.24, 2.45) is 0 Å². The molecule has 12 nitrogen and oxygen atoms in total. The average molecular weight is 1190 g/mol. The molecule has 1 rings (SSSR count). The van der Waals surface area contributed by atoms with E-state index in [1.54, 1.807) is 0 Å². The quantitative estimate of drug-likeness (QED) is 0.0228. The number of hydrogen-bond acceptors (Lipinski definition) is 11. The summed E-state index contributed by atoms with van der Waals surface area (Å²) in [6.07, 6.45) is 71.2. The van der Waals surface area contributed by atoms with Gasteiger partial charge in [-0.25, -0.2) is 4.79 Å². The number of unbranched alkanes of at least 4 members (excludes halogenated alkanes) is 19. The maximum atomic E-state index is 13.2. The van der Waals surface area contributed by atoms with Gasteiger partial charge in [0, 0.05) is 19.3 Å². The predicted molar refractivity (Wildman–Crippen MR) is 349 cm³/mol. The Morgan fingerprint density at radius 2 is 0.765 bits per heavy atom. The first-order valence-electron chi connectivity index (χ1n) is 33.2. The second-order valence-electron chi connectivity index (χ2n) is 22.0. The highest BCUT2D eigenvalue weighted by atomic mass is 16.7. The number of allylic oxidation sites excluding steroid dienone is 22. The highest BCUT2D eigenvalue weighted by Gasteiger charge is 2.50. The standard InChI is InChI=1S/C73H116O12/c1-4-7-10-13-16-19-22-25-28-31-33-36-38-41-44-47-50-53-56-59-65(74)81-62-64(83-66(75)60-57-54-51-48-45-42-39-35-30-27-24-21-18-15-12-9-6-3)63-82-73-71(69(78)68(77)70(85-73)72(79)80)84-67(76)61-58-55-52-49-46-43-40-37-34-32-29-26-23-20-17-14-11-8-5-2/h7,10,16-21,25-30,33-34,36-37,41,44,50,53,64,68-71,73,77-78H,4-6,8-9,11-15,22-24,31-32,35,38-40,42-43,45-49,51-52,54-63H2,1-3H3,(H,79,80)/b10-7-,19-16-,20-17-,21-18-,28-25-,29-26-,30-27-,36-33-,37-34-,44-41-,53-50-. The molecule has 12 heteroatoms. The summed E-state index contributed by atoms with van der Waals surface area (Å²) >= 11 is 0. The monoisotopic (exact) mass is 1180 g/mol. The molecule has 1 heterocycles. The smallest absolute Gasteiger partial charge is 0.335 e. The number of carbonyl (C=O) groups excluding carboxylic acids is 3. The highest BCUT2D eigenvalue weighted by molar-refractivity contribution is 5.74. The molecule has 0 aliphatic carbocycles. The molecular weight excluding hydrogens is 1070 g/mol. The number of carboxylic acids is 1. The van der Waals surface area contributed by atoms with Gasteiger partial charge in [0.2, 0.25) is 0 Å². The van der Waals surface area contributed by atoms with Gasteiger partial charge in [-0.15, -0.1) is 0 Å². The van der Waals surface area contributed by atoms with Gasteiger partial charge in [-0.3, -0.25) is 14.4 Å². The average Bonchev–Trinajstić information content (AvgIpc) is 3.51. The van der Waals surface area contributed by atoms with E-state index in [0.29, 0.717) is 19.3 Å². The van der Waals surface area contributed by atoms with Crippen molar-refractivity contribution in [1.82, 2.24) is 0 Å². The Morgan fingerprint density at radius 3 is 1.18 bits per heavy atom. The van der Waals surface area contributed by atoms with E-state index >= 15 is 0 Å². The Labute approximate surface area is 515 Å². The number of rotatable bonds is 55. The van der Waals surface area contributed by atoms with E-state index in [1.807, 2.05) is 12.2 Å². The van der Waals surface area contributed by atoms with Crippen LogP contribution < -0.4 is 0 Å². The number of carbonyl (C=O) groups is 4. The van der Waals surface area contributed by atoms with Crippen LogP contribution in [0.15, 0.2) is 134 Å². The molecule has 1 aliphatic rings. The predicted octanol–water partition coefficient (Wildman–Crippen LogP) is 18.1. The van der Waals surface area contributed by atoms with E-state index in [-0.39, 0.29) is 25.9 Å². The number of aliphatic carboxylic acids is 1. The number of esters is 3. The lowest BCUT2D eigenvalue weighted by atomic mass is 9.98. The van der Waals surface area contributed by atoms with Crippen LogP contribution in [0.1, 0.15) is 252 Å². The topological polar surface area (TPSA) is 175 Å². The van der Waals surface area contributed by atoms with Crippen LogP contribution in [-0.2, 0) is 42.9 Å². The summed E-state index contributed by atoms with van der Waals surface area (Å²) in [5.41, 5.74) is 0. The second-order valence-corrected chi connectivity index (χ2v) is 22.0. The van der Waals surface area contributed by atoms with E-state index in [2.05, 4.69) is 142 Å². The summed E-state index contributed by atoms with van der Waals surface area (Å²) in [4.78, 5) is 51.4. The van der Waals surface area contributed by atoms with Crippen molar-refractivity contribution >= 4 is 23.9 Å². The summed E-state index contributed by atoms with van der Waals surface area (Å²) in [5.74, 6) is -3.27. The molecule has 0 radical (unpaired) electrons. The first-order chi connectivity index (χ1) is 41.6. The number of ether oxygens (including phenoxy) is 5. The fraction of sp³-hybridized carbons (Fsp3) is 0.644. The van der Waals surface area contributed by atoms with Crippen molar-refractivity contribution in [2.45, 2.75) is 289 Å². The Hall–Kier alpha value is -5.14. The zero-order chi connectivity index (χ0) is 61.7. The molecule has 1 fully saturated rings. The van der Waals surface area contributed by atoms with Crippen LogP contribution in [0.2, 0.25) is 0 Å². The van der Waals surface area contributed by atoms with Gasteiger partial charge in [-0.2, -0.15) is 0 Å². The molecule has 0 saturated carbocycles. The van der Waals surface area contributed by atoms with E-state index < -0.39 is 67.3 Å². The highest BCUT2D eigenvalue weighted by Crippen LogP contribution is 2.26. The van der Waals surface area contributed by atoms with Gasteiger partial charge in [-0.1, -0.05) is 238 Å². The Bertz CT molecular complexity index is 1990. The minimum atomic E-state index is -1.93. The second kappa shape index (κ2) is 59.2. The summed E-state index contributed by atoms with van der Waals surface area (Å²) < 4.78 is 28.5. The van der Waals surface area contributed by atoms with Gasteiger partial charge < -0.3 is 39.0 Å². The van der Waals surface area contributed by atoms with Crippen LogP contribution in [0.5, 0.6) is 0 Å². The molecule has 6 unspecified atom stereocenters. The van der Waals surface area contributed by atoms with Gasteiger partial charge in [0.05, 0.1) is 6.61 Å². The Kier molecular flexibility index (Phi) is 54.2. The molecule has 6 atom stereocenters. The minimum Gasteiger partial charge on any atom is -0.479 e. The van der Waals surface area contributed by atoms with Gasteiger partial charge in [0.1, 0.15) is 18.8 Å². The van der Waals surface area contributed by atoms with Crippen molar-refractivity contribution in [3.63, 3.8) is 0 Å². The molecule has 0 spiro atoms. The lowest BCUT2D eigenvalue weighted by Crippen LogP contribution is -2.61. The third kappa shape index (κ3) is 48.6.